The second-order valence-corrected chi connectivity index (χ2v) is 5.11. The van der Waals surface area contributed by atoms with Crippen LogP contribution in [0.5, 0.6) is 0 Å². The van der Waals surface area contributed by atoms with E-state index in [-0.39, 0.29) is 5.91 Å². The van der Waals surface area contributed by atoms with E-state index in [2.05, 4.69) is 34.0 Å². The number of anilines is 2. The zero-order valence-corrected chi connectivity index (χ0v) is 13.2. The van der Waals surface area contributed by atoms with Crippen LogP contribution in [0.3, 0.4) is 0 Å². The number of amides is 1. The summed E-state index contributed by atoms with van der Waals surface area (Å²) in [4.78, 5) is 22.9. The molecule has 6 nitrogen and oxygen atoms in total. The normalized spacial score (nSPS) is 10.7. The number of carbonyl (C=O) groups is 1. The van der Waals surface area contributed by atoms with Crippen LogP contribution in [0, 0.1) is 0 Å². The third-order valence-corrected chi connectivity index (χ3v) is 3.77. The summed E-state index contributed by atoms with van der Waals surface area (Å²) in [6.45, 7) is 6.16. The summed E-state index contributed by atoms with van der Waals surface area (Å²) in [6, 6.07) is 9.61. The molecule has 2 heterocycles. The number of benzene rings is 1. The number of imidazole rings is 1. The van der Waals surface area contributed by atoms with Crippen LogP contribution in [0.15, 0.2) is 48.9 Å². The molecule has 3 rings (SSSR count). The molecular weight excluding hydrogens is 290 g/mol. The highest BCUT2D eigenvalue weighted by Gasteiger charge is 2.12. The molecule has 0 aliphatic heterocycles. The van der Waals surface area contributed by atoms with E-state index in [9.17, 15) is 4.79 Å². The zero-order valence-electron chi connectivity index (χ0n) is 13.2. The van der Waals surface area contributed by atoms with Gasteiger partial charge in [0.1, 0.15) is 5.69 Å². The van der Waals surface area contributed by atoms with Crippen LogP contribution in [-0.4, -0.2) is 33.4 Å². The lowest BCUT2D eigenvalue weighted by Gasteiger charge is -2.21. The highest BCUT2D eigenvalue weighted by molar-refractivity contribution is 6.03. The Hall–Kier alpha value is -2.89. The van der Waals surface area contributed by atoms with E-state index in [0.717, 1.165) is 24.5 Å². The third kappa shape index (κ3) is 3.01. The van der Waals surface area contributed by atoms with Gasteiger partial charge in [0.05, 0.1) is 6.20 Å². The van der Waals surface area contributed by atoms with E-state index in [0.29, 0.717) is 11.5 Å². The van der Waals surface area contributed by atoms with Gasteiger partial charge >= 0.3 is 0 Å². The Kier molecular flexibility index (Phi) is 4.23. The first kappa shape index (κ1) is 15.0. The van der Waals surface area contributed by atoms with E-state index in [1.165, 1.54) is 6.20 Å². The summed E-state index contributed by atoms with van der Waals surface area (Å²) in [6.07, 6.45) is 4.95. The van der Waals surface area contributed by atoms with Gasteiger partial charge in [0.25, 0.3) is 5.91 Å². The maximum Gasteiger partial charge on any atom is 0.274 e. The van der Waals surface area contributed by atoms with Crippen molar-refractivity contribution in [3.63, 3.8) is 0 Å². The van der Waals surface area contributed by atoms with Gasteiger partial charge in [-0.15, -0.1) is 0 Å². The fourth-order valence-corrected chi connectivity index (χ4v) is 2.54. The summed E-state index contributed by atoms with van der Waals surface area (Å²) in [5, 5.41) is 2.89. The van der Waals surface area contributed by atoms with E-state index in [4.69, 9.17) is 0 Å². The fourth-order valence-electron chi connectivity index (χ4n) is 2.54. The first-order valence-electron chi connectivity index (χ1n) is 7.67. The standard InChI is InChI=1S/C17H19N5O/c1-3-21(4-2)14-8-6-13(7-9-14)20-16(23)15-12-19-17-18-10-5-11-22(15)17/h5-12H,3-4H2,1-2H3,(H,20,23). The van der Waals surface area contributed by atoms with Crippen molar-refractivity contribution in [3.8, 4) is 0 Å². The number of hydrogen-bond donors (Lipinski definition) is 1. The van der Waals surface area contributed by atoms with Gasteiger partial charge in [-0.05, 0) is 44.2 Å². The number of nitrogens with zero attached hydrogens (tertiary/aromatic N) is 4. The zero-order chi connectivity index (χ0) is 16.2. The molecule has 23 heavy (non-hydrogen) atoms. The predicted octanol–water partition coefficient (Wildman–Crippen LogP) is 2.83. The Morgan fingerprint density at radius 2 is 1.91 bits per heavy atom. The smallest absolute Gasteiger partial charge is 0.274 e. The highest BCUT2D eigenvalue weighted by atomic mass is 16.1. The highest BCUT2D eigenvalue weighted by Crippen LogP contribution is 2.18. The SMILES string of the molecule is CCN(CC)c1ccc(NC(=O)c2cnc3ncccn23)cc1. The Morgan fingerprint density at radius 3 is 2.61 bits per heavy atom. The molecule has 0 bridgehead atoms. The van der Waals surface area contributed by atoms with Crippen LogP contribution < -0.4 is 10.2 Å². The first-order valence-corrected chi connectivity index (χ1v) is 7.67. The minimum absolute atomic E-state index is 0.207. The van der Waals surface area contributed by atoms with Crippen molar-refractivity contribution in [1.29, 1.82) is 0 Å². The largest absolute Gasteiger partial charge is 0.372 e. The maximum atomic E-state index is 12.4. The van der Waals surface area contributed by atoms with Gasteiger partial charge in [0, 0.05) is 36.9 Å². The molecule has 0 saturated heterocycles. The van der Waals surface area contributed by atoms with Gasteiger partial charge in [0.2, 0.25) is 5.78 Å². The van der Waals surface area contributed by atoms with Gasteiger partial charge in [-0.3, -0.25) is 9.20 Å². The van der Waals surface area contributed by atoms with Crippen LogP contribution in [0.1, 0.15) is 24.3 Å². The van der Waals surface area contributed by atoms with Gasteiger partial charge < -0.3 is 10.2 Å². The van der Waals surface area contributed by atoms with Crippen molar-refractivity contribution in [3.05, 3.63) is 54.6 Å². The van der Waals surface area contributed by atoms with E-state index in [1.807, 2.05) is 24.3 Å². The van der Waals surface area contributed by atoms with Crippen molar-refractivity contribution in [2.75, 3.05) is 23.3 Å². The molecule has 6 heteroatoms. The topological polar surface area (TPSA) is 62.5 Å². The average molecular weight is 309 g/mol. The molecular formula is C17H19N5O. The van der Waals surface area contributed by atoms with Crippen LogP contribution in [0.25, 0.3) is 5.78 Å². The molecule has 0 saturated carbocycles. The van der Waals surface area contributed by atoms with Crippen LogP contribution in [0.2, 0.25) is 0 Å². The molecule has 0 radical (unpaired) electrons. The molecule has 2 aromatic heterocycles. The Balaban J connectivity index is 1.78. The average Bonchev–Trinajstić information content (AvgIpc) is 3.01. The Bertz CT molecular complexity index is 805. The first-order chi connectivity index (χ1) is 11.2. The number of carbonyl (C=O) groups excluding carboxylic acids is 1. The molecule has 118 valence electrons. The molecule has 1 amide bonds. The van der Waals surface area contributed by atoms with Crippen LogP contribution in [-0.2, 0) is 0 Å². The maximum absolute atomic E-state index is 12.4. The predicted molar refractivity (Wildman–Crippen MR) is 90.9 cm³/mol. The number of fused-ring (bicyclic) bond motifs is 1. The monoisotopic (exact) mass is 309 g/mol. The molecule has 0 unspecified atom stereocenters. The molecule has 3 aromatic rings. The quantitative estimate of drug-likeness (QED) is 0.787. The lowest BCUT2D eigenvalue weighted by atomic mass is 10.2. The van der Waals surface area contributed by atoms with E-state index < -0.39 is 0 Å². The van der Waals surface area contributed by atoms with Gasteiger partial charge in [0.15, 0.2) is 0 Å². The fraction of sp³-hybridized carbons (Fsp3) is 0.235. The minimum Gasteiger partial charge on any atom is -0.372 e. The number of nitrogens with one attached hydrogen (secondary N) is 1. The number of aromatic nitrogens is 3. The summed E-state index contributed by atoms with van der Waals surface area (Å²) < 4.78 is 1.67. The van der Waals surface area contributed by atoms with Gasteiger partial charge in [-0.2, -0.15) is 0 Å². The lowest BCUT2D eigenvalue weighted by Crippen LogP contribution is -2.21. The van der Waals surface area contributed by atoms with Crippen molar-refractivity contribution in [2.24, 2.45) is 0 Å². The van der Waals surface area contributed by atoms with Crippen molar-refractivity contribution >= 4 is 23.1 Å². The molecule has 0 spiro atoms. The molecule has 1 aromatic carbocycles. The Labute approximate surface area is 134 Å². The summed E-state index contributed by atoms with van der Waals surface area (Å²) in [5.74, 6) is 0.302. The molecule has 0 aliphatic carbocycles. The second kappa shape index (κ2) is 6.48. The van der Waals surface area contributed by atoms with Crippen LogP contribution >= 0.6 is 0 Å². The Morgan fingerprint density at radius 1 is 1.17 bits per heavy atom. The molecule has 1 N–H and O–H groups in total. The second-order valence-electron chi connectivity index (χ2n) is 5.11. The van der Waals surface area contributed by atoms with Crippen molar-refractivity contribution in [1.82, 2.24) is 14.4 Å². The number of rotatable bonds is 5. The van der Waals surface area contributed by atoms with Crippen molar-refractivity contribution in [2.45, 2.75) is 13.8 Å². The molecule has 0 atom stereocenters. The molecule has 0 aliphatic rings. The summed E-state index contributed by atoms with van der Waals surface area (Å²) in [7, 11) is 0. The summed E-state index contributed by atoms with van der Waals surface area (Å²) in [5.41, 5.74) is 2.36. The third-order valence-electron chi connectivity index (χ3n) is 3.77. The minimum atomic E-state index is -0.207. The molecule has 0 fully saturated rings. The lowest BCUT2D eigenvalue weighted by molar-refractivity contribution is 0.102. The van der Waals surface area contributed by atoms with Gasteiger partial charge in [-0.25, -0.2) is 9.97 Å². The van der Waals surface area contributed by atoms with Gasteiger partial charge in [-0.1, -0.05) is 0 Å². The van der Waals surface area contributed by atoms with E-state index in [1.54, 1.807) is 22.9 Å². The van der Waals surface area contributed by atoms with Crippen molar-refractivity contribution < 1.29 is 4.79 Å². The summed E-state index contributed by atoms with van der Waals surface area (Å²) >= 11 is 0. The van der Waals surface area contributed by atoms with E-state index >= 15 is 0 Å². The van der Waals surface area contributed by atoms with Crippen LogP contribution in [0.4, 0.5) is 11.4 Å². The number of hydrogen-bond acceptors (Lipinski definition) is 4.